The summed E-state index contributed by atoms with van der Waals surface area (Å²) in [5, 5.41) is 0. The fourth-order valence-corrected chi connectivity index (χ4v) is 3.92. The second-order valence-electron chi connectivity index (χ2n) is 6.36. The number of hydrogen-bond donors (Lipinski definition) is 1. The van der Waals surface area contributed by atoms with Crippen LogP contribution >= 0.6 is 0 Å². The molecule has 0 radical (unpaired) electrons. The van der Waals surface area contributed by atoms with E-state index in [1.165, 1.54) is 38.2 Å². The standard InChI is InChI=1S/C17H24FNO/c18-16-6-2-1-5-15(16)13(12-19)11-14-7-10-17(20-14)8-3-4-9-17/h1-2,5-6,13-14H,3-4,7-12,19H2. The smallest absolute Gasteiger partial charge is 0.126 e. The van der Waals surface area contributed by atoms with Gasteiger partial charge >= 0.3 is 0 Å². The van der Waals surface area contributed by atoms with Crippen molar-refractivity contribution in [3.05, 3.63) is 35.6 Å². The molecule has 0 amide bonds. The molecule has 2 atom stereocenters. The van der Waals surface area contributed by atoms with Crippen LogP contribution in [0.1, 0.15) is 56.4 Å². The van der Waals surface area contributed by atoms with Gasteiger partial charge in [-0.25, -0.2) is 4.39 Å². The molecule has 2 nitrogen and oxygen atoms in total. The van der Waals surface area contributed by atoms with Gasteiger partial charge in [0, 0.05) is 5.92 Å². The number of hydrogen-bond acceptors (Lipinski definition) is 2. The van der Waals surface area contributed by atoms with Gasteiger partial charge in [0.05, 0.1) is 11.7 Å². The molecular weight excluding hydrogens is 253 g/mol. The molecule has 1 aliphatic carbocycles. The van der Waals surface area contributed by atoms with E-state index in [1.807, 2.05) is 12.1 Å². The normalized spacial score (nSPS) is 26.2. The van der Waals surface area contributed by atoms with Crippen LogP contribution in [0.4, 0.5) is 4.39 Å². The van der Waals surface area contributed by atoms with Gasteiger partial charge in [0.1, 0.15) is 5.82 Å². The lowest BCUT2D eigenvalue weighted by atomic mass is 9.91. The van der Waals surface area contributed by atoms with Gasteiger partial charge < -0.3 is 10.5 Å². The zero-order valence-corrected chi connectivity index (χ0v) is 12.0. The maximum Gasteiger partial charge on any atom is 0.126 e. The predicted octanol–water partition coefficient (Wildman–Crippen LogP) is 3.75. The van der Waals surface area contributed by atoms with E-state index in [-0.39, 0.29) is 23.4 Å². The van der Waals surface area contributed by atoms with Crippen LogP contribution in [0.2, 0.25) is 0 Å². The first-order valence-electron chi connectivity index (χ1n) is 7.85. The monoisotopic (exact) mass is 277 g/mol. The van der Waals surface area contributed by atoms with Crippen LogP contribution in [0.15, 0.2) is 24.3 Å². The Hall–Kier alpha value is -0.930. The largest absolute Gasteiger partial charge is 0.372 e. The number of ether oxygens (including phenoxy) is 1. The third-order valence-electron chi connectivity index (χ3n) is 5.03. The molecule has 2 fully saturated rings. The fraction of sp³-hybridized carbons (Fsp3) is 0.647. The molecular formula is C17H24FNO. The summed E-state index contributed by atoms with van der Waals surface area (Å²) >= 11 is 0. The van der Waals surface area contributed by atoms with E-state index in [0.29, 0.717) is 6.54 Å². The first-order chi connectivity index (χ1) is 9.72. The average molecular weight is 277 g/mol. The third-order valence-corrected chi connectivity index (χ3v) is 5.03. The molecule has 0 aromatic heterocycles. The quantitative estimate of drug-likeness (QED) is 0.909. The van der Waals surface area contributed by atoms with Gasteiger partial charge in [-0.15, -0.1) is 0 Å². The zero-order valence-electron chi connectivity index (χ0n) is 12.0. The molecule has 110 valence electrons. The molecule has 1 aromatic carbocycles. The topological polar surface area (TPSA) is 35.2 Å². The Morgan fingerprint density at radius 1 is 1.25 bits per heavy atom. The Balaban J connectivity index is 1.66. The van der Waals surface area contributed by atoms with Crippen LogP contribution in [0.3, 0.4) is 0 Å². The van der Waals surface area contributed by atoms with Gasteiger partial charge in [0.2, 0.25) is 0 Å². The number of rotatable bonds is 4. The molecule has 1 saturated heterocycles. The minimum absolute atomic E-state index is 0.0674. The van der Waals surface area contributed by atoms with Crippen LogP contribution in [0.25, 0.3) is 0 Å². The van der Waals surface area contributed by atoms with E-state index in [0.717, 1.165) is 18.4 Å². The minimum atomic E-state index is -0.142. The van der Waals surface area contributed by atoms with Crippen LogP contribution in [-0.2, 0) is 4.74 Å². The van der Waals surface area contributed by atoms with Gasteiger partial charge in [-0.05, 0) is 50.3 Å². The molecule has 0 bridgehead atoms. The number of benzene rings is 1. The van der Waals surface area contributed by atoms with Crippen LogP contribution in [-0.4, -0.2) is 18.2 Å². The van der Waals surface area contributed by atoms with Crippen molar-refractivity contribution in [1.82, 2.24) is 0 Å². The summed E-state index contributed by atoms with van der Waals surface area (Å²) < 4.78 is 20.2. The lowest BCUT2D eigenvalue weighted by Gasteiger charge is -2.26. The van der Waals surface area contributed by atoms with Gasteiger partial charge in [-0.1, -0.05) is 31.0 Å². The van der Waals surface area contributed by atoms with Crippen LogP contribution in [0.5, 0.6) is 0 Å². The Kier molecular flexibility index (Phi) is 4.08. The van der Waals surface area contributed by atoms with Gasteiger partial charge in [-0.3, -0.25) is 0 Å². The summed E-state index contributed by atoms with van der Waals surface area (Å²) in [4.78, 5) is 0. The van der Waals surface area contributed by atoms with Gasteiger partial charge in [0.15, 0.2) is 0 Å². The molecule has 2 aliphatic rings. The summed E-state index contributed by atoms with van der Waals surface area (Å²) in [5.74, 6) is -0.0747. The van der Waals surface area contributed by atoms with Crippen molar-refractivity contribution >= 4 is 0 Å². The third kappa shape index (κ3) is 2.75. The fourth-order valence-electron chi connectivity index (χ4n) is 3.92. The molecule has 1 aliphatic heterocycles. The molecule has 1 saturated carbocycles. The van der Waals surface area contributed by atoms with Crippen molar-refractivity contribution in [1.29, 1.82) is 0 Å². The summed E-state index contributed by atoms with van der Waals surface area (Å²) in [6.45, 7) is 0.480. The SMILES string of the molecule is NCC(CC1CCC2(CCCC2)O1)c1ccccc1F. The van der Waals surface area contributed by atoms with E-state index in [4.69, 9.17) is 10.5 Å². The molecule has 3 heteroatoms. The van der Waals surface area contributed by atoms with E-state index in [1.54, 1.807) is 6.07 Å². The highest BCUT2D eigenvalue weighted by Crippen LogP contribution is 2.45. The summed E-state index contributed by atoms with van der Waals surface area (Å²) in [7, 11) is 0. The number of halogens is 1. The first kappa shape index (κ1) is 14.0. The molecule has 1 spiro atoms. The summed E-state index contributed by atoms with van der Waals surface area (Å²) in [6.07, 6.45) is 8.37. The van der Waals surface area contributed by atoms with E-state index in [9.17, 15) is 4.39 Å². The predicted molar refractivity (Wildman–Crippen MR) is 78.1 cm³/mol. The average Bonchev–Trinajstić information content (AvgIpc) is 3.08. The zero-order chi connectivity index (χ0) is 14.0. The van der Waals surface area contributed by atoms with Crippen LogP contribution in [0, 0.1) is 5.82 Å². The summed E-state index contributed by atoms with van der Waals surface area (Å²) in [5.41, 5.74) is 6.77. The Morgan fingerprint density at radius 2 is 2.00 bits per heavy atom. The Labute approximate surface area is 120 Å². The van der Waals surface area contributed by atoms with E-state index in [2.05, 4.69) is 0 Å². The molecule has 2 N–H and O–H groups in total. The minimum Gasteiger partial charge on any atom is -0.372 e. The molecule has 3 rings (SSSR count). The van der Waals surface area contributed by atoms with Crippen molar-refractivity contribution in [3.8, 4) is 0 Å². The van der Waals surface area contributed by atoms with E-state index < -0.39 is 0 Å². The van der Waals surface area contributed by atoms with Crippen molar-refractivity contribution in [2.45, 2.75) is 62.6 Å². The summed E-state index contributed by atoms with van der Waals surface area (Å²) in [6, 6.07) is 6.99. The van der Waals surface area contributed by atoms with Crippen molar-refractivity contribution in [3.63, 3.8) is 0 Å². The van der Waals surface area contributed by atoms with Crippen LogP contribution < -0.4 is 5.73 Å². The Morgan fingerprint density at radius 3 is 2.70 bits per heavy atom. The van der Waals surface area contributed by atoms with Gasteiger partial charge in [-0.2, -0.15) is 0 Å². The molecule has 1 heterocycles. The molecule has 2 unspecified atom stereocenters. The highest BCUT2D eigenvalue weighted by atomic mass is 19.1. The lowest BCUT2D eigenvalue weighted by Crippen LogP contribution is -2.26. The highest BCUT2D eigenvalue weighted by molar-refractivity contribution is 5.22. The lowest BCUT2D eigenvalue weighted by molar-refractivity contribution is -0.0409. The van der Waals surface area contributed by atoms with Gasteiger partial charge in [0.25, 0.3) is 0 Å². The first-order valence-corrected chi connectivity index (χ1v) is 7.85. The Bertz CT molecular complexity index is 456. The number of nitrogens with two attached hydrogens (primary N) is 1. The van der Waals surface area contributed by atoms with Crippen molar-refractivity contribution < 1.29 is 9.13 Å². The maximum atomic E-state index is 13.9. The highest BCUT2D eigenvalue weighted by Gasteiger charge is 2.42. The second-order valence-corrected chi connectivity index (χ2v) is 6.36. The maximum absolute atomic E-state index is 13.9. The molecule has 1 aromatic rings. The van der Waals surface area contributed by atoms with E-state index >= 15 is 0 Å². The van der Waals surface area contributed by atoms with Crippen molar-refractivity contribution in [2.75, 3.05) is 6.54 Å². The second kappa shape index (κ2) is 5.82. The molecule has 20 heavy (non-hydrogen) atoms. The van der Waals surface area contributed by atoms with Crippen molar-refractivity contribution in [2.24, 2.45) is 5.73 Å².